The summed E-state index contributed by atoms with van der Waals surface area (Å²) >= 11 is 21.3. The van der Waals surface area contributed by atoms with Crippen molar-refractivity contribution in [2.24, 2.45) is 0 Å². The monoisotopic (exact) mass is 472 g/mol. The van der Waals surface area contributed by atoms with Gasteiger partial charge in [-0.25, -0.2) is 0 Å². The van der Waals surface area contributed by atoms with Crippen LogP contribution in [0.3, 0.4) is 0 Å². The van der Waals surface area contributed by atoms with Crippen molar-refractivity contribution in [3.8, 4) is 0 Å². The van der Waals surface area contributed by atoms with Crippen LogP contribution in [-0.2, 0) is 0 Å². The molecule has 0 aliphatic rings. The van der Waals surface area contributed by atoms with Crippen LogP contribution in [0, 0.1) is 0 Å². The molecule has 0 saturated carbocycles. The molecule has 0 saturated heterocycles. The van der Waals surface area contributed by atoms with Crippen LogP contribution < -0.4 is 8.47 Å². The summed E-state index contributed by atoms with van der Waals surface area (Å²) in [6, 6.07) is 12.4. The van der Waals surface area contributed by atoms with Gasteiger partial charge < -0.3 is 0 Å². The van der Waals surface area contributed by atoms with Gasteiger partial charge >= 0.3 is 147 Å². The summed E-state index contributed by atoms with van der Waals surface area (Å²) in [5, 5.41) is 0. The van der Waals surface area contributed by atoms with E-state index in [4.69, 9.17) is 34.8 Å². The molecule has 98 valence electrons. The molecule has 0 spiro atoms. The Bertz CT molecular complexity index is 605. The first-order valence-corrected chi connectivity index (χ1v) is 12.6. The van der Waals surface area contributed by atoms with E-state index in [1.54, 1.807) is 34.0 Å². The van der Waals surface area contributed by atoms with Crippen LogP contribution in [0.1, 0.15) is 0 Å². The van der Waals surface area contributed by atoms with Crippen molar-refractivity contribution in [2.45, 2.75) is 0 Å². The Kier molecular flexibility index (Phi) is 4.86. The molecule has 3 rings (SSSR count). The van der Waals surface area contributed by atoms with Crippen LogP contribution in [0.4, 0.5) is 0 Å². The second-order valence-corrected chi connectivity index (χ2v) is 17.5. The van der Waals surface area contributed by atoms with Crippen molar-refractivity contribution < 1.29 is 0 Å². The maximum atomic E-state index is 6.09. The summed E-state index contributed by atoms with van der Waals surface area (Å²) in [4.78, 5) is 0. The van der Waals surface area contributed by atoms with Crippen molar-refractivity contribution in [2.75, 3.05) is 0 Å². The zero-order valence-corrected chi connectivity index (χ0v) is 16.5. The van der Waals surface area contributed by atoms with Crippen LogP contribution in [0.5, 0.6) is 0 Å². The van der Waals surface area contributed by atoms with Gasteiger partial charge in [0.05, 0.1) is 0 Å². The molecule has 0 aliphatic heterocycles. The Hall–Kier alpha value is 0.788. The summed E-state index contributed by atoms with van der Waals surface area (Å²) in [6.07, 6.45) is 0. The third-order valence-electron chi connectivity index (χ3n) is 2.34. The molecule has 0 amide bonds. The van der Waals surface area contributed by atoms with E-state index in [0.717, 1.165) is 13.0 Å². The predicted molar refractivity (Wildman–Crippen MR) is 92.6 cm³/mol. The van der Waals surface area contributed by atoms with E-state index in [9.17, 15) is 0 Å². The first kappa shape index (κ1) is 14.7. The Balaban J connectivity index is 2.10. The minimum atomic E-state index is -1.96. The van der Waals surface area contributed by atoms with E-state index >= 15 is 0 Å². The first-order chi connectivity index (χ1) is 9.13. The van der Waals surface area contributed by atoms with E-state index in [-0.39, 0.29) is 0 Å². The molecule has 0 aliphatic carbocycles. The Morgan fingerprint density at radius 3 is 1.11 bits per heavy atom. The van der Waals surface area contributed by atoms with Crippen molar-refractivity contribution in [3.05, 3.63) is 49.4 Å². The summed E-state index contributed by atoms with van der Waals surface area (Å²) in [5.74, 6) is 0. The molecule has 3 aromatic rings. The topological polar surface area (TPSA) is 0 Å². The molecule has 0 nitrogen and oxygen atoms in total. The fraction of sp³-hybridized carbons (Fsp3) is 0. The van der Waals surface area contributed by atoms with Gasteiger partial charge in [-0.2, -0.15) is 0 Å². The normalized spacial score (nSPS) is 11.4. The minimum absolute atomic E-state index is 0.842. The van der Waals surface area contributed by atoms with E-state index < -0.39 is 20.2 Å². The number of hydrogen-bond donors (Lipinski definition) is 0. The Morgan fingerprint density at radius 2 is 0.895 bits per heavy atom. The SMILES string of the molecule is Clc1cc[c]([Sb]([c]2ccc(Cl)s2)[c]2ccc(Cl)s2)s1. The van der Waals surface area contributed by atoms with Crippen molar-refractivity contribution in [3.63, 3.8) is 0 Å². The first-order valence-electron chi connectivity index (χ1n) is 5.19. The molecule has 19 heavy (non-hydrogen) atoms. The summed E-state index contributed by atoms with van der Waals surface area (Å²) in [7, 11) is 0. The molecular formula is C12H6Cl3S3Sb. The number of thiophene rings is 3. The molecule has 0 bridgehead atoms. The van der Waals surface area contributed by atoms with Crippen molar-refractivity contribution in [1.29, 1.82) is 0 Å². The van der Waals surface area contributed by atoms with E-state index in [2.05, 4.69) is 18.2 Å². The molecule has 0 N–H and O–H groups in total. The quantitative estimate of drug-likeness (QED) is 0.496. The second-order valence-electron chi connectivity index (χ2n) is 3.57. The fourth-order valence-electron chi connectivity index (χ4n) is 1.60. The van der Waals surface area contributed by atoms with Crippen LogP contribution >= 0.6 is 68.8 Å². The van der Waals surface area contributed by atoms with Crippen LogP contribution in [-0.4, -0.2) is 20.2 Å². The average Bonchev–Trinajstić information content (AvgIpc) is 3.05. The van der Waals surface area contributed by atoms with Crippen LogP contribution in [0.15, 0.2) is 36.4 Å². The van der Waals surface area contributed by atoms with Gasteiger partial charge in [0.25, 0.3) is 0 Å². The molecule has 0 unspecified atom stereocenters. The maximum absolute atomic E-state index is 6.09. The molecule has 7 heteroatoms. The van der Waals surface area contributed by atoms with E-state index in [1.807, 2.05) is 18.2 Å². The van der Waals surface area contributed by atoms with Gasteiger partial charge in [-0.3, -0.25) is 0 Å². The van der Waals surface area contributed by atoms with Gasteiger partial charge in [0.15, 0.2) is 0 Å². The van der Waals surface area contributed by atoms with Gasteiger partial charge in [0.2, 0.25) is 0 Å². The number of halogens is 3. The zero-order chi connectivity index (χ0) is 13.4. The Labute approximate surface area is 145 Å². The van der Waals surface area contributed by atoms with Crippen molar-refractivity contribution in [1.82, 2.24) is 0 Å². The van der Waals surface area contributed by atoms with Crippen molar-refractivity contribution >= 4 is 97.5 Å². The summed E-state index contributed by atoms with van der Waals surface area (Å²) in [5.41, 5.74) is 0. The van der Waals surface area contributed by atoms with Gasteiger partial charge in [0.1, 0.15) is 0 Å². The average molecular weight is 475 g/mol. The van der Waals surface area contributed by atoms with E-state index in [0.29, 0.717) is 0 Å². The zero-order valence-electron chi connectivity index (χ0n) is 9.27. The van der Waals surface area contributed by atoms with Crippen LogP contribution in [0.2, 0.25) is 13.0 Å². The molecule has 3 heterocycles. The molecule has 3 aromatic heterocycles. The standard InChI is InChI=1S/3C4H2ClS.Sb/c3*5-4-2-1-3-6-4;/h3*1-2H;. The summed E-state index contributed by atoms with van der Waals surface area (Å²) in [6.45, 7) is 0. The van der Waals surface area contributed by atoms with E-state index in [1.165, 1.54) is 8.47 Å². The van der Waals surface area contributed by atoms with Gasteiger partial charge in [-0.15, -0.1) is 0 Å². The van der Waals surface area contributed by atoms with Gasteiger partial charge in [-0.05, 0) is 0 Å². The third-order valence-corrected chi connectivity index (χ3v) is 16.5. The molecule has 0 atom stereocenters. The molecule has 0 radical (unpaired) electrons. The molecule has 0 aromatic carbocycles. The number of hydrogen-bond acceptors (Lipinski definition) is 3. The predicted octanol–water partition coefficient (Wildman–Crippen LogP) is 4.35. The molecular weight excluding hydrogens is 468 g/mol. The van der Waals surface area contributed by atoms with Crippen LogP contribution in [0.25, 0.3) is 0 Å². The third kappa shape index (κ3) is 3.34. The Morgan fingerprint density at radius 1 is 0.579 bits per heavy atom. The molecule has 0 fully saturated rings. The second kappa shape index (κ2) is 6.27. The van der Waals surface area contributed by atoms with Gasteiger partial charge in [0, 0.05) is 0 Å². The number of rotatable bonds is 3. The van der Waals surface area contributed by atoms with Gasteiger partial charge in [-0.1, -0.05) is 0 Å². The summed E-state index contributed by atoms with van der Waals surface area (Å²) < 4.78 is 6.71. The fourth-order valence-corrected chi connectivity index (χ4v) is 19.4.